The molecule has 0 bridgehead atoms. The molecule has 0 fully saturated rings. The Kier molecular flexibility index (Phi) is 10.1. The molecule has 7 heteroatoms. The van der Waals surface area contributed by atoms with Crippen LogP contribution in [0.4, 0.5) is 4.79 Å². The highest BCUT2D eigenvalue weighted by molar-refractivity contribution is 7.98. The van der Waals surface area contributed by atoms with Crippen LogP contribution in [0.15, 0.2) is 84.9 Å². The quantitative estimate of drug-likeness (QED) is 0.338. The minimum absolute atomic E-state index is 0.186. The van der Waals surface area contributed by atoms with E-state index < -0.39 is 23.9 Å². The number of hydrogen-bond donors (Lipinski definition) is 2. The molecular formula is C29H32N2O4S. The van der Waals surface area contributed by atoms with Crippen molar-refractivity contribution in [2.24, 2.45) is 5.92 Å². The first kappa shape index (κ1) is 27.0. The highest BCUT2D eigenvalue weighted by Crippen LogP contribution is 2.21. The van der Waals surface area contributed by atoms with E-state index in [1.165, 1.54) is 11.8 Å². The minimum Gasteiger partial charge on any atom is -0.480 e. The standard InChI is InChI=1S/C29H32N2O4S/c1-21(2)16-17-31(27(32)25-15-9-14-24(18-25)23-12-7-4-8-13-23)29(35)30-26(28(33)34)20-36-19-22-10-5-3-6-11-22/h3-15,18,21,26H,16-17,19-20H2,1-2H3,(H,30,35)(H,33,34)/t26-/m0/s1. The summed E-state index contributed by atoms with van der Waals surface area (Å²) in [6, 6.07) is 24.7. The molecule has 0 unspecified atom stereocenters. The number of amides is 3. The molecule has 0 aliphatic carbocycles. The van der Waals surface area contributed by atoms with Crippen molar-refractivity contribution in [3.63, 3.8) is 0 Å². The largest absolute Gasteiger partial charge is 0.480 e. The highest BCUT2D eigenvalue weighted by Gasteiger charge is 2.28. The summed E-state index contributed by atoms with van der Waals surface area (Å²) >= 11 is 1.42. The Morgan fingerprint density at radius 2 is 1.53 bits per heavy atom. The summed E-state index contributed by atoms with van der Waals surface area (Å²) in [5.41, 5.74) is 3.28. The molecule has 3 aromatic carbocycles. The fourth-order valence-electron chi connectivity index (χ4n) is 3.57. The lowest BCUT2D eigenvalue weighted by molar-refractivity contribution is -0.138. The predicted molar refractivity (Wildman–Crippen MR) is 145 cm³/mol. The molecule has 0 heterocycles. The Hall–Kier alpha value is -3.58. The van der Waals surface area contributed by atoms with Crippen molar-refractivity contribution in [2.45, 2.75) is 32.1 Å². The van der Waals surface area contributed by atoms with Gasteiger partial charge in [-0.3, -0.25) is 9.69 Å². The van der Waals surface area contributed by atoms with E-state index in [0.29, 0.717) is 17.7 Å². The third-order valence-electron chi connectivity index (χ3n) is 5.63. The molecule has 0 saturated heterocycles. The first-order valence-electron chi connectivity index (χ1n) is 12.0. The molecule has 36 heavy (non-hydrogen) atoms. The van der Waals surface area contributed by atoms with Crippen LogP contribution < -0.4 is 5.32 Å². The van der Waals surface area contributed by atoms with Crippen molar-refractivity contribution in [3.8, 4) is 11.1 Å². The monoisotopic (exact) mass is 504 g/mol. The van der Waals surface area contributed by atoms with Gasteiger partial charge in [0.2, 0.25) is 0 Å². The van der Waals surface area contributed by atoms with Gasteiger partial charge >= 0.3 is 12.0 Å². The van der Waals surface area contributed by atoms with Gasteiger partial charge in [0.05, 0.1) is 0 Å². The van der Waals surface area contributed by atoms with E-state index in [0.717, 1.165) is 21.6 Å². The maximum absolute atomic E-state index is 13.4. The van der Waals surface area contributed by atoms with Crippen LogP contribution in [0.2, 0.25) is 0 Å². The molecule has 3 rings (SSSR count). The van der Waals surface area contributed by atoms with E-state index in [-0.39, 0.29) is 18.2 Å². The molecule has 0 radical (unpaired) electrons. The van der Waals surface area contributed by atoms with Gasteiger partial charge in [0.15, 0.2) is 0 Å². The lowest BCUT2D eigenvalue weighted by Gasteiger charge is -2.24. The van der Waals surface area contributed by atoms with Crippen molar-refractivity contribution in [1.82, 2.24) is 10.2 Å². The number of hydrogen-bond acceptors (Lipinski definition) is 4. The number of thioether (sulfide) groups is 1. The lowest BCUT2D eigenvalue weighted by Crippen LogP contribution is -2.51. The van der Waals surface area contributed by atoms with Crippen LogP contribution in [0.5, 0.6) is 0 Å². The summed E-state index contributed by atoms with van der Waals surface area (Å²) in [6.45, 7) is 4.22. The minimum atomic E-state index is -1.13. The number of carbonyl (C=O) groups excluding carboxylic acids is 2. The van der Waals surface area contributed by atoms with Gasteiger partial charge in [0.1, 0.15) is 6.04 Å². The zero-order valence-corrected chi connectivity index (χ0v) is 21.4. The Bertz CT molecular complexity index is 1150. The van der Waals surface area contributed by atoms with Gasteiger partial charge in [0, 0.05) is 23.6 Å². The van der Waals surface area contributed by atoms with Gasteiger partial charge in [-0.1, -0.05) is 86.6 Å². The SMILES string of the molecule is CC(C)CCN(C(=O)N[C@@H](CSCc1ccccc1)C(=O)O)C(=O)c1cccc(-c2ccccc2)c1. The summed E-state index contributed by atoms with van der Waals surface area (Å²) < 4.78 is 0. The number of aliphatic carboxylic acids is 1. The number of carbonyl (C=O) groups is 3. The second-order valence-electron chi connectivity index (χ2n) is 8.93. The average Bonchev–Trinajstić information content (AvgIpc) is 2.89. The third-order valence-corrected chi connectivity index (χ3v) is 6.74. The Labute approximate surface area is 216 Å². The molecular weight excluding hydrogens is 472 g/mol. The average molecular weight is 505 g/mol. The van der Waals surface area contributed by atoms with E-state index in [2.05, 4.69) is 5.32 Å². The topological polar surface area (TPSA) is 86.7 Å². The van der Waals surface area contributed by atoms with Gasteiger partial charge in [-0.05, 0) is 41.2 Å². The number of carboxylic acids is 1. The Balaban J connectivity index is 1.74. The first-order chi connectivity index (χ1) is 17.3. The maximum Gasteiger partial charge on any atom is 0.327 e. The molecule has 0 aromatic heterocycles. The lowest BCUT2D eigenvalue weighted by atomic mass is 10.0. The molecule has 1 atom stereocenters. The van der Waals surface area contributed by atoms with Gasteiger partial charge in [-0.15, -0.1) is 0 Å². The molecule has 0 saturated carbocycles. The van der Waals surface area contributed by atoms with Crippen molar-refractivity contribution in [3.05, 3.63) is 96.1 Å². The van der Waals surface area contributed by atoms with Gasteiger partial charge in [-0.2, -0.15) is 11.8 Å². The molecule has 0 aliphatic heterocycles. The van der Waals surface area contributed by atoms with Gasteiger partial charge in [0.25, 0.3) is 5.91 Å². The molecule has 2 N–H and O–H groups in total. The number of imide groups is 1. The van der Waals surface area contributed by atoms with Crippen LogP contribution in [0, 0.1) is 5.92 Å². The maximum atomic E-state index is 13.4. The van der Waals surface area contributed by atoms with E-state index in [4.69, 9.17) is 0 Å². The number of nitrogens with zero attached hydrogens (tertiary/aromatic N) is 1. The second-order valence-corrected chi connectivity index (χ2v) is 9.96. The molecule has 3 amide bonds. The van der Waals surface area contributed by atoms with Crippen LogP contribution in [-0.2, 0) is 10.5 Å². The van der Waals surface area contributed by atoms with Crippen molar-refractivity contribution < 1.29 is 19.5 Å². The van der Waals surface area contributed by atoms with Crippen LogP contribution >= 0.6 is 11.8 Å². The van der Waals surface area contributed by atoms with Crippen LogP contribution in [0.3, 0.4) is 0 Å². The van der Waals surface area contributed by atoms with E-state index in [9.17, 15) is 19.5 Å². The number of benzene rings is 3. The summed E-state index contributed by atoms with van der Waals surface area (Å²) in [5, 5.41) is 12.3. The number of urea groups is 1. The third kappa shape index (κ3) is 7.99. The highest BCUT2D eigenvalue weighted by atomic mass is 32.2. The van der Waals surface area contributed by atoms with Crippen molar-refractivity contribution >= 4 is 29.7 Å². The normalized spacial score (nSPS) is 11.6. The fraction of sp³-hybridized carbons (Fsp3) is 0.276. The number of rotatable bonds is 11. The van der Waals surface area contributed by atoms with E-state index >= 15 is 0 Å². The number of nitrogens with one attached hydrogen (secondary N) is 1. The fourth-order valence-corrected chi connectivity index (χ4v) is 4.58. The zero-order chi connectivity index (χ0) is 25.9. The summed E-state index contributed by atoms with van der Waals surface area (Å²) in [7, 11) is 0. The van der Waals surface area contributed by atoms with Crippen molar-refractivity contribution in [2.75, 3.05) is 12.3 Å². The summed E-state index contributed by atoms with van der Waals surface area (Å²) in [6.07, 6.45) is 0.609. The van der Waals surface area contributed by atoms with Crippen molar-refractivity contribution in [1.29, 1.82) is 0 Å². The van der Waals surface area contributed by atoms with Crippen LogP contribution in [0.25, 0.3) is 11.1 Å². The molecule has 6 nitrogen and oxygen atoms in total. The van der Waals surface area contributed by atoms with Crippen LogP contribution in [0.1, 0.15) is 36.2 Å². The second kappa shape index (κ2) is 13.5. The van der Waals surface area contributed by atoms with E-state index in [1.807, 2.05) is 80.6 Å². The zero-order valence-electron chi connectivity index (χ0n) is 20.6. The molecule has 3 aromatic rings. The molecule has 0 spiro atoms. The predicted octanol–water partition coefficient (Wildman–Crippen LogP) is 5.94. The number of carboxylic acid groups (broad SMARTS) is 1. The smallest absolute Gasteiger partial charge is 0.327 e. The Morgan fingerprint density at radius 3 is 2.17 bits per heavy atom. The van der Waals surface area contributed by atoms with Gasteiger partial charge in [-0.25, -0.2) is 9.59 Å². The molecule has 188 valence electrons. The van der Waals surface area contributed by atoms with Crippen LogP contribution in [-0.4, -0.2) is 46.3 Å². The summed E-state index contributed by atoms with van der Waals surface area (Å²) in [5.74, 6) is -0.507. The first-order valence-corrected chi connectivity index (χ1v) is 13.1. The summed E-state index contributed by atoms with van der Waals surface area (Å²) in [4.78, 5) is 39.6. The Morgan fingerprint density at radius 1 is 0.889 bits per heavy atom. The van der Waals surface area contributed by atoms with E-state index in [1.54, 1.807) is 18.2 Å². The molecule has 0 aliphatic rings. The van der Waals surface area contributed by atoms with Gasteiger partial charge < -0.3 is 10.4 Å².